The van der Waals surface area contributed by atoms with Gasteiger partial charge in [0.25, 0.3) is 0 Å². The zero-order chi connectivity index (χ0) is 7.45. The quantitative estimate of drug-likeness (QED) is 0.603. The van der Waals surface area contributed by atoms with Crippen LogP contribution < -0.4 is 0 Å². The lowest BCUT2D eigenvalue weighted by atomic mass is 9.78. The number of aliphatic hydroxyl groups is 1. The molecular formula is C8H16O2. The van der Waals surface area contributed by atoms with Gasteiger partial charge in [-0.2, -0.15) is 0 Å². The molecule has 0 aromatic heterocycles. The number of rotatable bonds is 4. The van der Waals surface area contributed by atoms with Gasteiger partial charge in [-0.05, 0) is 32.6 Å². The molecule has 1 aliphatic carbocycles. The van der Waals surface area contributed by atoms with Crippen LogP contribution in [0, 0.1) is 0 Å². The van der Waals surface area contributed by atoms with Gasteiger partial charge in [-0.3, -0.25) is 0 Å². The highest BCUT2D eigenvalue weighted by molar-refractivity contribution is 4.86. The van der Waals surface area contributed by atoms with Crippen LogP contribution in [0.2, 0.25) is 0 Å². The maximum absolute atomic E-state index is 9.56. The predicted octanol–water partition coefficient (Wildman–Crippen LogP) is 1.33. The van der Waals surface area contributed by atoms with Crippen LogP contribution in [0.3, 0.4) is 0 Å². The number of hydrogen-bond acceptors (Lipinski definition) is 2. The minimum absolute atomic E-state index is 0.352. The van der Waals surface area contributed by atoms with Gasteiger partial charge >= 0.3 is 0 Å². The second kappa shape index (κ2) is 3.35. The van der Waals surface area contributed by atoms with E-state index in [1.807, 2.05) is 6.92 Å². The second-order valence-electron chi connectivity index (χ2n) is 3.02. The Morgan fingerprint density at radius 1 is 1.50 bits per heavy atom. The van der Waals surface area contributed by atoms with Gasteiger partial charge in [0.05, 0.1) is 5.60 Å². The summed E-state index contributed by atoms with van der Waals surface area (Å²) in [5.74, 6) is 0. The first-order chi connectivity index (χ1) is 4.77. The van der Waals surface area contributed by atoms with Crippen LogP contribution >= 0.6 is 0 Å². The minimum Gasteiger partial charge on any atom is -0.390 e. The SMILES string of the molecule is CCOCCC1(O)CCC1. The molecule has 2 heteroatoms. The van der Waals surface area contributed by atoms with E-state index in [1.165, 1.54) is 6.42 Å². The van der Waals surface area contributed by atoms with E-state index in [4.69, 9.17) is 4.74 Å². The highest BCUT2D eigenvalue weighted by Crippen LogP contribution is 2.34. The fourth-order valence-corrected chi connectivity index (χ4v) is 1.24. The van der Waals surface area contributed by atoms with E-state index in [0.29, 0.717) is 6.61 Å². The Morgan fingerprint density at radius 2 is 2.20 bits per heavy atom. The van der Waals surface area contributed by atoms with Gasteiger partial charge in [0.15, 0.2) is 0 Å². The lowest BCUT2D eigenvalue weighted by molar-refractivity contribution is -0.0576. The van der Waals surface area contributed by atoms with E-state index in [2.05, 4.69) is 0 Å². The Labute approximate surface area is 62.2 Å². The molecule has 10 heavy (non-hydrogen) atoms. The molecule has 0 unspecified atom stereocenters. The first-order valence-electron chi connectivity index (χ1n) is 4.07. The first kappa shape index (κ1) is 8.02. The molecular weight excluding hydrogens is 128 g/mol. The standard InChI is InChI=1S/C8H16O2/c1-2-10-7-6-8(9)4-3-5-8/h9H,2-7H2,1H3. The second-order valence-corrected chi connectivity index (χ2v) is 3.02. The largest absolute Gasteiger partial charge is 0.390 e. The van der Waals surface area contributed by atoms with E-state index in [9.17, 15) is 5.11 Å². The first-order valence-corrected chi connectivity index (χ1v) is 4.07. The van der Waals surface area contributed by atoms with Gasteiger partial charge in [-0.25, -0.2) is 0 Å². The Bertz CT molecular complexity index is 97.4. The van der Waals surface area contributed by atoms with Crippen molar-refractivity contribution >= 4 is 0 Å². The van der Waals surface area contributed by atoms with Crippen molar-refractivity contribution in [2.45, 2.75) is 38.2 Å². The minimum atomic E-state index is -0.352. The van der Waals surface area contributed by atoms with E-state index in [1.54, 1.807) is 0 Å². The van der Waals surface area contributed by atoms with Crippen LogP contribution in [-0.2, 0) is 4.74 Å². The molecule has 0 spiro atoms. The van der Waals surface area contributed by atoms with Crippen molar-refractivity contribution < 1.29 is 9.84 Å². The molecule has 2 nitrogen and oxygen atoms in total. The van der Waals surface area contributed by atoms with Crippen molar-refractivity contribution in [1.29, 1.82) is 0 Å². The van der Waals surface area contributed by atoms with Crippen LogP contribution in [0.5, 0.6) is 0 Å². The highest BCUT2D eigenvalue weighted by atomic mass is 16.5. The molecule has 0 aromatic rings. The maximum atomic E-state index is 9.56. The topological polar surface area (TPSA) is 29.5 Å². The Hall–Kier alpha value is -0.0800. The summed E-state index contributed by atoms with van der Waals surface area (Å²) in [5.41, 5.74) is -0.352. The third-order valence-electron chi connectivity index (χ3n) is 2.20. The molecule has 1 N–H and O–H groups in total. The van der Waals surface area contributed by atoms with Gasteiger partial charge < -0.3 is 9.84 Å². The van der Waals surface area contributed by atoms with Crippen molar-refractivity contribution in [3.05, 3.63) is 0 Å². The van der Waals surface area contributed by atoms with Crippen LogP contribution in [0.25, 0.3) is 0 Å². The average molecular weight is 144 g/mol. The molecule has 60 valence electrons. The molecule has 0 atom stereocenters. The van der Waals surface area contributed by atoms with Gasteiger partial charge in [0.2, 0.25) is 0 Å². The third kappa shape index (κ3) is 1.96. The number of hydrogen-bond donors (Lipinski definition) is 1. The summed E-state index contributed by atoms with van der Waals surface area (Å²) >= 11 is 0. The summed E-state index contributed by atoms with van der Waals surface area (Å²) < 4.78 is 5.15. The van der Waals surface area contributed by atoms with Crippen molar-refractivity contribution in [2.24, 2.45) is 0 Å². The van der Waals surface area contributed by atoms with Crippen molar-refractivity contribution in [2.75, 3.05) is 13.2 Å². The molecule has 1 saturated carbocycles. The molecule has 0 heterocycles. The Balaban J connectivity index is 2.01. The van der Waals surface area contributed by atoms with Gasteiger partial charge in [-0.1, -0.05) is 0 Å². The zero-order valence-corrected chi connectivity index (χ0v) is 6.60. The molecule has 0 amide bonds. The summed E-state index contributed by atoms with van der Waals surface area (Å²) in [6.45, 7) is 3.45. The fraction of sp³-hybridized carbons (Fsp3) is 1.00. The van der Waals surface area contributed by atoms with Crippen LogP contribution in [0.1, 0.15) is 32.6 Å². The Kier molecular flexibility index (Phi) is 2.69. The van der Waals surface area contributed by atoms with Crippen molar-refractivity contribution in [3.8, 4) is 0 Å². The molecule has 1 fully saturated rings. The average Bonchev–Trinajstić information content (AvgIpc) is 1.85. The summed E-state index contributed by atoms with van der Waals surface area (Å²) in [7, 11) is 0. The third-order valence-corrected chi connectivity index (χ3v) is 2.20. The Morgan fingerprint density at radius 3 is 2.60 bits per heavy atom. The smallest absolute Gasteiger partial charge is 0.0669 e. The monoisotopic (exact) mass is 144 g/mol. The number of ether oxygens (including phenoxy) is 1. The van der Waals surface area contributed by atoms with Crippen LogP contribution in [0.4, 0.5) is 0 Å². The molecule has 0 aliphatic heterocycles. The summed E-state index contributed by atoms with van der Waals surface area (Å²) in [6, 6.07) is 0. The van der Waals surface area contributed by atoms with E-state index < -0.39 is 0 Å². The maximum Gasteiger partial charge on any atom is 0.0669 e. The normalized spacial score (nSPS) is 22.2. The van der Waals surface area contributed by atoms with Crippen LogP contribution in [-0.4, -0.2) is 23.9 Å². The molecule has 0 aromatic carbocycles. The summed E-state index contributed by atoms with van der Waals surface area (Å²) in [6.07, 6.45) is 3.95. The lowest BCUT2D eigenvalue weighted by Crippen LogP contribution is -2.37. The highest BCUT2D eigenvalue weighted by Gasteiger charge is 2.33. The lowest BCUT2D eigenvalue weighted by Gasteiger charge is -2.36. The van der Waals surface area contributed by atoms with E-state index in [-0.39, 0.29) is 5.60 Å². The molecule has 1 rings (SSSR count). The fourth-order valence-electron chi connectivity index (χ4n) is 1.24. The van der Waals surface area contributed by atoms with Crippen molar-refractivity contribution in [3.63, 3.8) is 0 Å². The van der Waals surface area contributed by atoms with Gasteiger partial charge in [0.1, 0.15) is 0 Å². The van der Waals surface area contributed by atoms with Crippen LogP contribution in [0.15, 0.2) is 0 Å². The molecule has 0 radical (unpaired) electrons. The summed E-state index contributed by atoms with van der Waals surface area (Å²) in [4.78, 5) is 0. The van der Waals surface area contributed by atoms with Crippen molar-refractivity contribution in [1.82, 2.24) is 0 Å². The van der Waals surface area contributed by atoms with Gasteiger partial charge in [-0.15, -0.1) is 0 Å². The molecule has 0 saturated heterocycles. The van der Waals surface area contributed by atoms with E-state index in [0.717, 1.165) is 25.9 Å². The molecule has 1 aliphatic rings. The predicted molar refractivity (Wildman–Crippen MR) is 39.9 cm³/mol. The molecule has 0 bridgehead atoms. The summed E-state index contributed by atoms with van der Waals surface area (Å²) in [5, 5.41) is 9.56. The van der Waals surface area contributed by atoms with Gasteiger partial charge in [0, 0.05) is 13.2 Å². The zero-order valence-electron chi connectivity index (χ0n) is 6.60. The van der Waals surface area contributed by atoms with E-state index >= 15 is 0 Å².